The van der Waals surface area contributed by atoms with E-state index in [0.29, 0.717) is 5.56 Å². The summed E-state index contributed by atoms with van der Waals surface area (Å²) in [7, 11) is 0. The molecule has 0 aliphatic rings. The number of thioether (sulfide) groups is 1. The maximum atomic E-state index is 12.4. The summed E-state index contributed by atoms with van der Waals surface area (Å²) >= 11 is 1.69. The summed E-state index contributed by atoms with van der Waals surface area (Å²) in [5, 5.41) is 2.91. The smallest absolute Gasteiger partial charge is 0.257 e. The predicted octanol–water partition coefficient (Wildman–Crippen LogP) is 5.29. The number of carbonyl (C=O) groups excluding carboxylic acids is 1. The van der Waals surface area contributed by atoms with E-state index in [1.165, 1.54) is 10.5 Å². The molecular weight excluding hydrogens is 328 g/mol. The molecule has 1 N–H and O–H groups in total. The van der Waals surface area contributed by atoms with Crippen molar-refractivity contribution >= 4 is 23.4 Å². The molecule has 1 aromatic heterocycles. The Kier molecular flexibility index (Phi) is 5.51. The summed E-state index contributed by atoms with van der Waals surface area (Å²) in [5.74, 6) is -0.151. The van der Waals surface area contributed by atoms with Gasteiger partial charge >= 0.3 is 0 Å². The maximum Gasteiger partial charge on any atom is 0.257 e. The van der Waals surface area contributed by atoms with Crippen LogP contribution < -0.4 is 5.32 Å². The lowest BCUT2D eigenvalue weighted by molar-refractivity contribution is 0.102. The largest absolute Gasteiger partial charge is 0.322 e. The van der Waals surface area contributed by atoms with Gasteiger partial charge in [-0.1, -0.05) is 37.3 Å². The molecule has 0 aliphatic carbocycles. The molecule has 1 heterocycles. The molecule has 126 valence electrons. The van der Waals surface area contributed by atoms with E-state index >= 15 is 0 Å². The van der Waals surface area contributed by atoms with Gasteiger partial charge in [-0.25, -0.2) is 0 Å². The van der Waals surface area contributed by atoms with Crippen molar-refractivity contribution in [3.8, 4) is 11.3 Å². The molecule has 2 aromatic carbocycles. The van der Waals surface area contributed by atoms with Gasteiger partial charge in [-0.15, -0.1) is 11.8 Å². The van der Waals surface area contributed by atoms with E-state index in [9.17, 15) is 4.79 Å². The van der Waals surface area contributed by atoms with Gasteiger partial charge in [0.1, 0.15) is 0 Å². The Labute approximate surface area is 152 Å². The van der Waals surface area contributed by atoms with Crippen molar-refractivity contribution in [1.29, 1.82) is 0 Å². The van der Waals surface area contributed by atoms with Gasteiger partial charge in [-0.05, 0) is 48.6 Å². The van der Waals surface area contributed by atoms with Crippen molar-refractivity contribution in [1.82, 2.24) is 4.98 Å². The number of nitrogens with one attached hydrogen (secondary N) is 1. The number of anilines is 1. The van der Waals surface area contributed by atoms with Crippen molar-refractivity contribution in [3.05, 3.63) is 78.0 Å². The zero-order chi connectivity index (χ0) is 17.6. The summed E-state index contributed by atoms with van der Waals surface area (Å²) in [6.45, 7) is 2.11. The Bertz CT molecular complexity index is 858. The van der Waals surface area contributed by atoms with Gasteiger partial charge in [-0.2, -0.15) is 0 Å². The van der Waals surface area contributed by atoms with Crippen LogP contribution in [-0.2, 0) is 6.42 Å². The van der Waals surface area contributed by atoms with E-state index in [0.717, 1.165) is 23.4 Å². The van der Waals surface area contributed by atoms with Crippen molar-refractivity contribution in [3.63, 3.8) is 0 Å². The maximum absolute atomic E-state index is 12.4. The van der Waals surface area contributed by atoms with Crippen LogP contribution in [0, 0.1) is 0 Å². The summed E-state index contributed by atoms with van der Waals surface area (Å²) in [4.78, 5) is 18.0. The van der Waals surface area contributed by atoms with Crippen molar-refractivity contribution in [2.24, 2.45) is 0 Å². The van der Waals surface area contributed by atoms with Gasteiger partial charge < -0.3 is 5.32 Å². The molecule has 0 fully saturated rings. The number of aryl methyl sites for hydroxylation is 1. The normalized spacial score (nSPS) is 10.5. The minimum atomic E-state index is -0.151. The third kappa shape index (κ3) is 4.09. The molecule has 3 aromatic rings. The van der Waals surface area contributed by atoms with Crippen LogP contribution in [-0.4, -0.2) is 17.1 Å². The van der Waals surface area contributed by atoms with Gasteiger partial charge in [0.05, 0.1) is 11.3 Å². The summed E-state index contributed by atoms with van der Waals surface area (Å²) in [6, 6.07) is 19.7. The Morgan fingerprint density at radius 1 is 1.04 bits per heavy atom. The van der Waals surface area contributed by atoms with Gasteiger partial charge in [0.25, 0.3) is 5.91 Å². The van der Waals surface area contributed by atoms with Crippen LogP contribution in [0.1, 0.15) is 22.8 Å². The van der Waals surface area contributed by atoms with Crippen LogP contribution >= 0.6 is 11.8 Å². The molecule has 0 saturated carbocycles. The Morgan fingerprint density at radius 3 is 2.44 bits per heavy atom. The SMILES string of the molecule is CCc1ccc(NC(=O)c2ccc(-c3ccccc3SC)nc2)cc1. The van der Waals surface area contributed by atoms with E-state index < -0.39 is 0 Å². The number of hydrogen-bond acceptors (Lipinski definition) is 3. The number of pyridine rings is 1. The average molecular weight is 348 g/mol. The first-order valence-corrected chi connectivity index (χ1v) is 9.43. The van der Waals surface area contributed by atoms with E-state index in [1.807, 2.05) is 60.9 Å². The zero-order valence-electron chi connectivity index (χ0n) is 14.3. The van der Waals surface area contributed by atoms with E-state index in [-0.39, 0.29) is 5.91 Å². The quantitative estimate of drug-likeness (QED) is 0.637. The number of aromatic nitrogens is 1. The highest BCUT2D eigenvalue weighted by Crippen LogP contribution is 2.28. The fraction of sp³-hybridized carbons (Fsp3) is 0.143. The Balaban J connectivity index is 1.76. The van der Waals surface area contributed by atoms with Crippen molar-refractivity contribution in [2.45, 2.75) is 18.2 Å². The number of amides is 1. The van der Waals surface area contributed by atoms with E-state index in [2.05, 4.69) is 23.3 Å². The Hall–Kier alpha value is -2.59. The van der Waals surface area contributed by atoms with Crippen molar-refractivity contribution in [2.75, 3.05) is 11.6 Å². The molecule has 0 atom stereocenters. The first kappa shape index (κ1) is 17.2. The third-order valence-electron chi connectivity index (χ3n) is 4.03. The highest BCUT2D eigenvalue weighted by Gasteiger charge is 2.09. The molecule has 0 bridgehead atoms. The second-order valence-electron chi connectivity index (χ2n) is 5.64. The fourth-order valence-electron chi connectivity index (χ4n) is 2.57. The van der Waals surface area contributed by atoms with Gasteiger partial charge in [0.2, 0.25) is 0 Å². The zero-order valence-corrected chi connectivity index (χ0v) is 15.1. The molecule has 3 rings (SSSR count). The van der Waals surface area contributed by atoms with Crippen LogP contribution in [0.3, 0.4) is 0 Å². The Morgan fingerprint density at radius 2 is 1.80 bits per heavy atom. The van der Waals surface area contributed by atoms with Crippen LogP contribution in [0.15, 0.2) is 71.8 Å². The third-order valence-corrected chi connectivity index (χ3v) is 4.82. The van der Waals surface area contributed by atoms with Gasteiger partial charge in [0, 0.05) is 22.3 Å². The lowest BCUT2D eigenvalue weighted by Crippen LogP contribution is -2.12. The minimum Gasteiger partial charge on any atom is -0.322 e. The van der Waals surface area contributed by atoms with Crippen LogP contribution in [0.4, 0.5) is 5.69 Å². The first-order chi connectivity index (χ1) is 12.2. The van der Waals surface area contributed by atoms with E-state index in [1.54, 1.807) is 18.0 Å². The lowest BCUT2D eigenvalue weighted by Gasteiger charge is -2.08. The molecule has 0 aliphatic heterocycles. The van der Waals surface area contributed by atoms with Crippen molar-refractivity contribution < 1.29 is 4.79 Å². The topological polar surface area (TPSA) is 42.0 Å². The average Bonchev–Trinajstić information content (AvgIpc) is 2.68. The number of rotatable bonds is 5. The van der Waals surface area contributed by atoms with E-state index in [4.69, 9.17) is 0 Å². The number of carbonyl (C=O) groups is 1. The number of benzene rings is 2. The number of hydrogen-bond donors (Lipinski definition) is 1. The summed E-state index contributed by atoms with van der Waals surface area (Å²) in [5.41, 5.74) is 4.53. The highest BCUT2D eigenvalue weighted by molar-refractivity contribution is 7.98. The molecule has 3 nitrogen and oxygen atoms in total. The fourth-order valence-corrected chi connectivity index (χ4v) is 3.18. The highest BCUT2D eigenvalue weighted by atomic mass is 32.2. The van der Waals surface area contributed by atoms with Gasteiger partial charge in [0.15, 0.2) is 0 Å². The van der Waals surface area contributed by atoms with Crippen LogP contribution in [0.25, 0.3) is 11.3 Å². The molecule has 0 unspecified atom stereocenters. The monoisotopic (exact) mass is 348 g/mol. The molecule has 0 spiro atoms. The standard InChI is InChI=1S/C21H20N2OS/c1-3-15-8-11-17(12-9-15)23-21(24)16-10-13-19(22-14-16)18-6-4-5-7-20(18)25-2/h4-14H,3H2,1-2H3,(H,23,24). The van der Waals surface area contributed by atoms with Crippen LogP contribution in [0.5, 0.6) is 0 Å². The molecule has 4 heteroatoms. The summed E-state index contributed by atoms with van der Waals surface area (Å²) < 4.78 is 0. The summed E-state index contributed by atoms with van der Waals surface area (Å²) in [6.07, 6.45) is 4.66. The minimum absolute atomic E-state index is 0.151. The van der Waals surface area contributed by atoms with Gasteiger partial charge in [-0.3, -0.25) is 9.78 Å². The molecular formula is C21H20N2OS. The second-order valence-corrected chi connectivity index (χ2v) is 6.49. The molecule has 0 radical (unpaired) electrons. The molecule has 1 amide bonds. The number of nitrogens with zero attached hydrogens (tertiary/aromatic N) is 1. The second kappa shape index (κ2) is 7.99. The lowest BCUT2D eigenvalue weighted by atomic mass is 10.1. The molecule has 25 heavy (non-hydrogen) atoms. The first-order valence-electron chi connectivity index (χ1n) is 8.21. The van der Waals surface area contributed by atoms with Crippen LogP contribution in [0.2, 0.25) is 0 Å². The predicted molar refractivity (Wildman–Crippen MR) is 105 cm³/mol. The molecule has 0 saturated heterocycles.